The molecule has 0 aromatic rings. The fourth-order valence-electron chi connectivity index (χ4n) is 2.93. The van der Waals surface area contributed by atoms with Gasteiger partial charge in [0, 0.05) is 19.4 Å². The van der Waals surface area contributed by atoms with E-state index in [1.807, 2.05) is 11.8 Å². The lowest BCUT2D eigenvalue weighted by Crippen LogP contribution is -2.52. The highest BCUT2D eigenvalue weighted by Gasteiger charge is 2.51. The molecule has 0 aliphatic carbocycles. The fourth-order valence-corrected chi connectivity index (χ4v) is 2.93. The van der Waals surface area contributed by atoms with Gasteiger partial charge in [-0.2, -0.15) is 0 Å². The van der Waals surface area contributed by atoms with Crippen molar-refractivity contribution in [2.75, 3.05) is 13.7 Å². The molecule has 3 rings (SSSR count). The average Bonchev–Trinajstić information content (AvgIpc) is 3.01. The first kappa shape index (κ1) is 13.5. The minimum Gasteiger partial charge on any atom is -0.391 e. The number of ether oxygens (including phenoxy) is 2. The Kier molecular flexibility index (Phi) is 3.23. The molecule has 20 heavy (non-hydrogen) atoms. The number of aliphatic imine (C=N–C) groups is 2. The third-order valence-corrected chi connectivity index (χ3v) is 4.01. The Bertz CT molecular complexity index is 462. The zero-order valence-corrected chi connectivity index (χ0v) is 11.4. The van der Waals surface area contributed by atoms with E-state index in [2.05, 4.69) is 15.3 Å². The molecule has 0 bridgehead atoms. The first-order chi connectivity index (χ1) is 9.60. The maximum atomic E-state index is 11.7. The number of aliphatic hydroxyl groups excluding tert-OH is 1. The number of carbonyl (C=O) groups excluding carboxylic acids is 1. The Morgan fingerprint density at radius 1 is 1.65 bits per heavy atom. The topological polar surface area (TPSA) is 95.8 Å². The van der Waals surface area contributed by atoms with Gasteiger partial charge in [0.15, 0.2) is 18.0 Å². The number of hydrogen-bond donors (Lipinski definition) is 2. The van der Waals surface area contributed by atoms with E-state index in [1.54, 1.807) is 6.34 Å². The molecular weight excluding hydrogens is 264 g/mol. The summed E-state index contributed by atoms with van der Waals surface area (Å²) in [5.41, 5.74) is 0. The SMILES string of the molecule is CO[C@@]1(CO)C[C@H](C)[C@H](N2C=NC3C(=O)NC=NC32)O1. The smallest absolute Gasteiger partial charge is 0.254 e. The second-order valence-electron chi connectivity index (χ2n) is 5.32. The molecule has 110 valence electrons. The van der Waals surface area contributed by atoms with Crippen molar-refractivity contribution in [2.24, 2.45) is 15.9 Å². The number of nitrogens with one attached hydrogen (secondary N) is 1. The molecule has 0 aromatic carbocycles. The molecular formula is C12H18N4O4. The minimum absolute atomic E-state index is 0.118. The number of rotatable bonds is 3. The largest absolute Gasteiger partial charge is 0.391 e. The zero-order chi connectivity index (χ0) is 14.3. The number of nitrogens with zero attached hydrogens (tertiary/aromatic N) is 3. The first-order valence-electron chi connectivity index (χ1n) is 6.57. The van der Waals surface area contributed by atoms with E-state index in [4.69, 9.17) is 9.47 Å². The number of fused-ring (bicyclic) bond motifs is 1. The van der Waals surface area contributed by atoms with E-state index in [9.17, 15) is 9.90 Å². The number of carbonyl (C=O) groups is 1. The van der Waals surface area contributed by atoms with Gasteiger partial charge >= 0.3 is 0 Å². The molecule has 8 nitrogen and oxygen atoms in total. The van der Waals surface area contributed by atoms with Crippen LogP contribution in [-0.4, -0.2) is 66.5 Å². The van der Waals surface area contributed by atoms with Gasteiger partial charge < -0.3 is 24.8 Å². The van der Waals surface area contributed by atoms with Crippen molar-refractivity contribution in [3.05, 3.63) is 0 Å². The van der Waals surface area contributed by atoms with Crippen LogP contribution in [0.1, 0.15) is 13.3 Å². The molecule has 5 atom stereocenters. The van der Waals surface area contributed by atoms with E-state index >= 15 is 0 Å². The highest BCUT2D eigenvalue weighted by Crippen LogP contribution is 2.38. The van der Waals surface area contributed by atoms with Crippen LogP contribution >= 0.6 is 0 Å². The predicted molar refractivity (Wildman–Crippen MR) is 70.0 cm³/mol. The maximum Gasteiger partial charge on any atom is 0.254 e. The summed E-state index contributed by atoms with van der Waals surface area (Å²) in [5.74, 6) is -1.04. The molecule has 2 N–H and O–H groups in total. The van der Waals surface area contributed by atoms with Crippen molar-refractivity contribution in [3.8, 4) is 0 Å². The summed E-state index contributed by atoms with van der Waals surface area (Å²) in [4.78, 5) is 22.0. The summed E-state index contributed by atoms with van der Waals surface area (Å²) in [5, 5.41) is 12.0. The molecule has 3 aliphatic heterocycles. The summed E-state index contributed by atoms with van der Waals surface area (Å²) in [7, 11) is 1.51. The molecule has 1 fully saturated rings. The molecule has 0 spiro atoms. The van der Waals surface area contributed by atoms with Gasteiger partial charge in [0.05, 0.1) is 19.3 Å². The summed E-state index contributed by atoms with van der Waals surface area (Å²) in [6, 6.07) is -0.539. The van der Waals surface area contributed by atoms with E-state index in [1.165, 1.54) is 13.4 Å². The molecule has 0 radical (unpaired) electrons. The van der Waals surface area contributed by atoms with Crippen molar-refractivity contribution in [3.63, 3.8) is 0 Å². The lowest BCUT2D eigenvalue weighted by Gasteiger charge is -2.33. The zero-order valence-electron chi connectivity index (χ0n) is 11.4. The monoisotopic (exact) mass is 282 g/mol. The Morgan fingerprint density at radius 3 is 3.10 bits per heavy atom. The van der Waals surface area contributed by atoms with E-state index < -0.39 is 11.8 Å². The van der Waals surface area contributed by atoms with Crippen molar-refractivity contribution in [1.29, 1.82) is 0 Å². The van der Waals surface area contributed by atoms with Crippen LogP contribution in [0.15, 0.2) is 9.98 Å². The lowest BCUT2D eigenvalue weighted by atomic mass is 10.0. The van der Waals surface area contributed by atoms with Gasteiger partial charge in [-0.25, -0.2) is 4.99 Å². The number of aliphatic hydroxyl groups is 1. The minimum atomic E-state index is -0.989. The summed E-state index contributed by atoms with van der Waals surface area (Å²) < 4.78 is 11.2. The van der Waals surface area contributed by atoms with Gasteiger partial charge in [0.25, 0.3) is 5.91 Å². The summed E-state index contributed by atoms with van der Waals surface area (Å²) in [6.45, 7) is 1.79. The van der Waals surface area contributed by atoms with Crippen LogP contribution in [0, 0.1) is 5.92 Å². The van der Waals surface area contributed by atoms with Crippen molar-refractivity contribution in [1.82, 2.24) is 10.2 Å². The van der Waals surface area contributed by atoms with Crippen LogP contribution in [0.4, 0.5) is 0 Å². The summed E-state index contributed by atoms with van der Waals surface area (Å²) in [6.07, 6.45) is 2.84. The quantitative estimate of drug-likeness (QED) is 0.685. The van der Waals surface area contributed by atoms with Crippen molar-refractivity contribution < 1.29 is 19.4 Å². The van der Waals surface area contributed by atoms with Crippen molar-refractivity contribution >= 4 is 18.6 Å². The van der Waals surface area contributed by atoms with Gasteiger partial charge in [0.2, 0.25) is 0 Å². The second kappa shape index (κ2) is 4.80. The number of hydrogen-bond acceptors (Lipinski definition) is 7. The molecule has 8 heteroatoms. The van der Waals surface area contributed by atoms with Crippen LogP contribution in [0.2, 0.25) is 0 Å². The molecule has 3 heterocycles. The van der Waals surface area contributed by atoms with Gasteiger partial charge in [-0.3, -0.25) is 9.79 Å². The molecule has 0 saturated carbocycles. The molecule has 1 saturated heterocycles. The average molecular weight is 282 g/mol. The predicted octanol–water partition coefficient (Wildman–Crippen LogP) is -1.10. The standard InChI is InChI=1S/C12H18N4O4/c1-7-3-12(4-17,19-2)20-11(7)16-6-15-8-9(16)13-5-14-10(8)18/h5-9,11,17H,3-4H2,1-2H3,(H,13,14,18)/t7-,8?,9?,11+,12-/m0/s1. The third kappa shape index (κ3) is 1.91. The molecule has 3 aliphatic rings. The van der Waals surface area contributed by atoms with E-state index in [0.29, 0.717) is 6.42 Å². The van der Waals surface area contributed by atoms with Gasteiger partial charge in [0.1, 0.15) is 6.23 Å². The normalized spacial score (nSPS) is 43.0. The summed E-state index contributed by atoms with van der Waals surface area (Å²) >= 11 is 0. The van der Waals surface area contributed by atoms with E-state index in [0.717, 1.165) is 0 Å². The van der Waals surface area contributed by atoms with Gasteiger partial charge in [-0.1, -0.05) is 6.92 Å². The Labute approximate surface area is 116 Å². The van der Waals surface area contributed by atoms with Crippen LogP contribution < -0.4 is 5.32 Å². The number of methoxy groups -OCH3 is 1. The van der Waals surface area contributed by atoms with Crippen LogP contribution in [0.3, 0.4) is 0 Å². The van der Waals surface area contributed by atoms with Gasteiger partial charge in [-0.05, 0) is 0 Å². The Morgan fingerprint density at radius 2 is 2.45 bits per heavy atom. The lowest BCUT2D eigenvalue weighted by molar-refractivity contribution is -0.246. The van der Waals surface area contributed by atoms with Crippen LogP contribution in [0.5, 0.6) is 0 Å². The highest BCUT2D eigenvalue weighted by atomic mass is 16.7. The van der Waals surface area contributed by atoms with Gasteiger partial charge in [-0.15, -0.1) is 0 Å². The maximum absolute atomic E-state index is 11.7. The van der Waals surface area contributed by atoms with Crippen molar-refractivity contribution in [2.45, 2.75) is 37.6 Å². The van der Waals surface area contributed by atoms with Crippen LogP contribution in [-0.2, 0) is 14.3 Å². The van der Waals surface area contributed by atoms with Crippen LogP contribution in [0.25, 0.3) is 0 Å². The first-order valence-corrected chi connectivity index (χ1v) is 6.57. The Balaban J connectivity index is 1.81. The Hall–Kier alpha value is -1.51. The third-order valence-electron chi connectivity index (χ3n) is 4.01. The fraction of sp³-hybridized carbons (Fsp3) is 0.750. The van der Waals surface area contributed by atoms with E-state index in [-0.39, 0.29) is 30.8 Å². The highest BCUT2D eigenvalue weighted by molar-refractivity contribution is 5.96. The second-order valence-corrected chi connectivity index (χ2v) is 5.32. The molecule has 2 unspecified atom stereocenters. The molecule has 1 amide bonds. The number of amides is 1. The molecule has 0 aromatic heterocycles.